The predicted molar refractivity (Wildman–Crippen MR) is 74.4 cm³/mol. The van der Waals surface area contributed by atoms with Crippen molar-refractivity contribution in [1.82, 2.24) is 10.3 Å². The molecule has 5 nitrogen and oxygen atoms in total. The number of urea groups is 1. The fraction of sp³-hybridized carbons (Fsp3) is 0.0714. The molecule has 3 amide bonds. The maximum Gasteiger partial charge on any atom is 0.329 e. The molecule has 2 aromatic rings. The monoisotopic (exact) mass is 287 g/mol. The van der Waals surface area contributed by atoms with E-state index in [0.29, 0.717) is 16.3 Å². The second-order valence-electron chi connectivity index (χ2n) is 4.32. The summed E-state index contributed by atoms with van der Waals surface area (Å²) in [6.45, 7) is 0. The Kier molecular flexibility index (Phi) is 3.12. The zero-order valence-corrected chi connectivity index (χ0v) is 11.0. The summed E-state index contributed by atoms with van der Waals surface area (Å²) in [4.78, 5) is 29.5. The SMILES string of the molecule is O=C1N[C@H](c2cccnc2)C(=O)N1c1cccc(Cl)c1. The van der Waals surface area contributed by atoms with E-state index in [-0.39, 0.29) is 5.91 Å². The summed E-state index contributed by atoms with van der Waals surface area (Å²) in [5.74, 6) is -0.342. The van der Waals surface area contributed by atoms with Gasteiger partial charge in [0, 0.05) is 23.0 Å². The molecule has 1 aliphatic rings. The number of pyridine rings is 1. The molecule has 1 N–H and O–H groups in total. The molecule has 0 saturated carbocycles. The van der Waals surface area contributed by atoms with Crippen molar-refractivity contribution in [2.75, 3.05) is 4.90 Å². The minimum atomic E-state index is -0.713. The van der Waals surface area contributed by atoms with E-state index in [0.717, 1.165) is 4.90 Å². The predicted octanol–water partition coefficient (Wildman–Crippen LogP) is 2.53. The molecule has 0 radical (unpaired) electrons. The third kappa shape index (κ3) is 2.12. The Morgan fingerprint density at radius 3 is 2.75 bits per heavy atom. The number of benzene rings is 1. The maximum atomic E-state index is 12.4. The number of carbonyl (C=O) groups is 2. The van der Waals surface area contributed by atoms with Gasteiger partial charge in [0.2, 0.25) is 0 Å². The van der Waals surface area contributed by atoms with Gasteiger partial charge in [-0.3, -0.25) is 9.78 Å². The van der Waals surface area contributed by atoms with E-state index in [4.69, 9.17) is 11.6 Å². The number of carbonyl (C=O) groups excluding carboxylic acids is 2. The second-order valence-corrected chi connectivity index (χ2v) is 4.76. The average molecular weight is 288 g/mol. The summed E-state index contributed by atoms with van der Waals surface area (Å²) in [6, 6.07) is 8.90. The van der Waals surface area contributed by atoms with Gasteiger partial charge in [0.15, 0.2) is 0 Å². The highest BCUT2D eigenvalue weighted by Crippen LogP contribution is 2.28. The average Bonchev–Trinajstić information content (AvgIpc) is 2.75. The lowest BCUT2D eigenvalue weighted by atomic mass is 10.1. The van der Waals surface area contributed by atoms with Gasteiger partial charge in [-0.15, -0.1) is 0 Å². The summed E-state index contributed by atoms with van der Waals surface area (Å²) in [6.07, 6.45) is 3.17. The van der Waals surface area contributed by atoms with Crippen LogP contribution in [0.3, 0.4) is 0 Å². The highest BCUT2D eigenvalue weighted by Gasteiger charge is 2.40. The molecule has 1 aromatic heterocycles. The van der Waals surface area contributed by atoms with Crippen LogP contribution in [0.15, 0.2) is 48.8 Å². The first-order valence-electron chi connectivity index (χ1n) is 5.97. The van der Waals surface area contributed by atoms with Crippen LogP contribution < -0.4 is 10.2 Å². The summed E-state index contributed by atoms with van der Waals surface area (Å²) in [7, 11) is 0. The van der Waals surface area contributed by atoms with E-state index in [2.05, 4.69) is 10.3 Å². The smallest absolute Gasteiger partial charge is 0.321 e. The molecule has 1 saturated heterocycles. The van der Waals surface area contributed by atoms with E-state index in [1.165, 1.54) is 0 Å². The van der Waals surface area contributed by atoms with Gasteiger partial charge in [-0.2, -0.15) is 0 Å². The van der Waals surface area contributed by atoms with Crippen LogP contribution in [0.1, 0.15) is 11.6 Å². The van der Waals surface area contributed by atoms with Gasteiger partial charge < -0.3 is 5.32 Å². The van der Waals surface area contributed by atoms with Gasteiger partial charge in [0.05, 0.1) is 5.69 Å². The van der Waals surface area contributed by atoms with Crippen molar-refractivity contribution in [2.24, 2.45) is 0 Å². The lowest BCUT2D eigenvalue weighted by Crippen LogP contribution is -2.30. The number of hydrogen-bond donors (Lipinski definition) is 1. The minimum Gasteiger partial charge on any atom is -0.321 e. The van der Waals surface area contributed by atoms with Crippen LogP contribution in [0.5, 0.6) is 0 Å². The van der Waals surface area contributed by atoms with Crippen molar-refractivity contribution in [3.05, 3.63) is 59.4 Å². The number of nitrogens with zero attached hydrogens (tertiary/aromatic N) is 2. The summed E-state index contributed by atoms with van der Waals surface area (Å²) >= 11 is 5.89. The van der Waals surface area contributed by atoms with Crippen LogP contribution in [0.25, 0.3) is 0 Å². The quantitative estimate of drug-likeness (QED) is 0.863. The second kappa shape index (κ2) is 4.94. The van der Waals surface area contributed by atoms with Gasteiger partial charge in [-0.25, -0.2) is 9.69 Å². The normalized spacial score (nSPS) is 18.2. The number of hydrogen-bond acceptors (Lipinski definition) is 3. The Labute approximate surface area is 120 Å². The number of rotatable bonds is 2. The van der Waals surface area contributed by atoms with Gasteiger partial charge >= 0.3 is 6.03 Å². The Morgan fingerprint density at radius 1 is 1.20 bits per heavy atom. The van der Waals surface area contributed by atoms with Crippen molar-refractivity contribution in [1.29, 1.82) is 0 Å². The first kappa shape index (κ1) is 12.6. The Bertz CT molecular complexity index is 675. The zero-order valence-electron chi connectivity index (χ0n) is 10.3. The number of halogens is 1. The van der Waals surface area contributed by atoms with Crippen LogP contribution in [0, 0.1) is 0 Å². The summed E-state index contributed by atoms with van der Waals surface area (Å²) in [5, 5.41) is 3.11. The van der Waals surface area contributed by atoms with E-state index in [1.807, 2.05) is 0 Å². The molecule has 20 heavy (non-hydrogen) atoms. The van der Waals surface area contributed by atoms with E-state index < -0.39 is 12.1 Å². The molecule has 3 rings (SSSR count). The Balaban J connectivity index is 1.95. The largest absolute Gasteiger partial charge is 0.329 e. The third-order valence-corrected chi connectivity index (χ3v) is 3.26. The number of nitrogens with one attached hydrogen (secondary N) is 1. The molecule has 1 aromatic carbocycles. The summed E-state index contributed by atoms with van der Waals surface area (Å²) in [5.41, 5.74) is 1.10. The van der Waals surface area contributed by atoms with Crippen molar-refractivity contribution in [3.8, 4) is 0 Å². The van der Waals surface area contributed by atoms with Crippen molar-refractivity contribution < 1.29 is 9.59 Å². The van der Waals surface area contributed by atoms with Crippen molar-refractivity contribution in [3.63, 3.8) is 0 Å². The van der Waals surface area contributed by atoms with Gasteiger partial charge in [-0.1, -0.05) is 23.7 Å². The Morgan fingerprint density at radius 2 is 2.05 bits per heavy atom. The minimum absolute atomic E-state index is 0.342. The van der Waals surface area contributed by atoms with Crippen LogP contribution in [-0.4, -0.2) is 16.9 Å². The van der Waals surface area contributed by atoms with Crippen LogP contribution >= 0.6 is 11.6 Å². The first-order valence-corrected chi connectivity index (χ1v) is 6.34. The maximum absolute atomic E-state index is 12.4. The molecule has 0 spiro atoms. The van der Waals surface area contributed by atoms with Gasteiger partial charge in [-0.05, 0) is 24.3 Å². The molecule has 1 atom stereocenters. The lowest BCUT2D eigenvalue weighted by molar-refractivity contribution is -0.118. The third-order valence-electron chi connectivity index (χ3n) is 3.02. The van der Waals surface area contributed by atoms with Gasteiger partial charge in [0.25, 0.3) is 5.91 Å². The zero-order chi connectivity index (χ0) is 14.1. The summed E-state index contributed by atoms with van der Waals surface area (Å²) < 4.78 is 0. The van der Waals surface area contributed by atoms with Gasteiger partial charge in [0.1, 0.15) is 6.04 Å². The van der Waals surface area contributed by atoms with E-state index in [9.17, 15) is 9.59 Å². The van der Waals surface area contributed by atoms with Crippen LogP contribution in [0.2, 0.25) is 5.02 Å². The molecule has 0 aliphatic carbocycles. The molecule has 0 bridgehead atoms. The Hall–Kier alpha value is -2.40. The number of aromatic nitrogens is 1. The molecule has 2 heterocycles. The first-order chi connectivity index (χ1) is 9.66. The van der Waals surface area contributed by atoms with Crippen molar-refractivity contribution in [2.45, 2.75) is 6.04 Å². The molecular weight excluding hydrogens is 278 g/mol. The number of anilines is 1. The number of imide groups is 1. The van der Waals surface area contributed by atoms with Crippen LogP contribution in [0.4, 0.5) is 10.5 Å². The molecule has 100 valence electrons. The van der Waals surface area contributed by atoms with Crippen LogP contribution in [-0.2, 0) is 4.79 Å². The number of amides is 3. The lowest BCUT2D eigenvalue weighted by Gasteiger charge is -2.13. The highest BCUT2D eigenvalue weighted by molar-refractivity contribution is 6.31. The molecule has 1 aliphatic heterocycles. The van der Waals surface area contributed by atoms with E-state index in [1.54, 1.807) is 48.8 Å². The topological polar surface area (TPSA) is 62.3 Å². The standard InChI is InChI=1S/C14H10ClN3O2/c15-10-4-1-5-11(7-10)18-13(19)12(17-14(18)20)9-3-2-6-16-8-9/h1-8,12H,(H,17,20)/t12-/m1/s1. The highest BCUT2D eigenvalue weighted by atomic mass is 35.5. The fourth-order valence-corrected chi connectivity index (χ4v) is 2.30. The molecular formula is C14H10ClN3O2. The van der Waals surface area contributed by atoms with Crippen molar-refractivity contribution >= 4 is 29.2 Å². The van der Waals surface area contributed by atoms with E-state index >= 15 is 0 Å². The molecule has 1 fully saturated rings. The molecule has 6 heteroatoms. The fourth-order valence-electron chi connectivity index (χ4n) is 2.11. The molecule has 0 unspecified atom stereocenters.